The van der Waals surface area contributed by atoms with Crippen LogP contribution < -0.4 is 4.74 Å². The molecule has 4 rings (SSSR count). The van der Waals surface area contributed by atoms with E-state index >= 15 is 0 Å². The molecule has 0 aliphatic carbocycles. The summed E-state index contributed by atoms with van der Waals surface area (Å²) in [6.45, 7) is 0. The lowest BCUT2D eigenvalue weighted by molar-refractivity contribution is 0.412. The number of rotatable bonds is 4. The molecule has 0 aliphatic rings. The number of nitrogens with zero attached hydrogens (tertiary/aromatic N) is 5. The Morgan fingerprint density at radius 2 is 1.96 bits per heavy atom. The molecular formula is C18H15N5O. The molecule has 0 saturated heterocycles. The highest BCUT2D eigenvalue weighted by Crippen LogP contribution is 2.21. The number of pyridine rings is 2. The van der Waals surface area contributed by atoms with Crippen LogP contribution in [0, 0.1) is 0 Å². The molecule has 0 saturated carbocycles. The average molecular weight is 317 g/mol. The predicted molar refractivity (Wildman–Crippen MR) is 89.8 cm³/mol. The van der Waals surface area contributed by atoms with Crippen molar-refractivity contribution in [3.63, 3.8) is 0 Å². The van der Waals surface area contributed by atoms with Crippen LogP contribution in [-0.2, 0) is 6.42 Å². The van der Waals surface area contributed by atoms with Gasteiger partial charge in [-0.1, -0.05) is 0 Å². The molecule has 4 heterocycles. The van der Waals surface area contributed by atoms with Crippen molar-refractivity contribution >= 4 is 5.65 Å². The van der Waals surface area contributed by atoms with Crippen molar-refractivity contribution in [1.29, 1.82) is 0 Å². The molecule has 24 heavy (non-hydrogen) atoms. The Bertz CT molecular complexity index is 964. The standard InChI is InChI=1S/C18H15N5O/c1-24-16-5-4-15(21-12-16)9-14-11-22-23-17(6-8-20-18(14)23)13-3-2-7-19-10-13/h2-8,10-12H,9H2,1H3. The van der Waals surface area contributed by atoms with Gasteiger partial charge in [0, 0.05) is 41.8 Å². The lowest BCUT2D eigenvalue weighted by Crippen LogP contribution is -1.97. The highest BCUT2D eigenvalue weighted by molar-refractivity contribution is 5.63. The minimum atomic E-state index is 0.664. The third kappa shape index (κ3) is 2.58. The Morgan fingerprint density at radius 1 is 1.00 bits per heavy atom. The number of aromatic nitrogens is 5. The van der Waals surface area contributed by atoms with Crippen LogP contribution in [0.25, 0.3) is 16.9 Å². The van der Waals surface area contributed by atoms with Crippen molar-refractivity contribution in [2.45, 2.75) is 6.42 Å². The smallest absolute Gasteiger partial charge is 0.159 e. The zero-order valence-electron chi connectivity index (χ0n) is 13.1. The van der Waals surface area contributed by atoms with Crippen LogP contribution in [0.15, 0.2) is 61.3 Å². The maximum absolute atomic E-state index is 5.14. The molecule has 0 spiro atoms. The van der Waals surface area contributed by atoms with Gasteiger partial charge in [-0.3, -0.25) is 9.97 Å². The van der Waals surface area contributed by atoms with E-state index in [1.165, 1.54) is 0 Å². The Morgan fingerprint density at radius 3 is 2.71 bits per heavy atom. The molecule has 0 aromatic carbocycles. The van der Waals surface area contributed by atoms with E-state index in [1.54, 1.807) is 25.7 Å². The molecule has 118 valence electrons. The van der Waals surface area contributed by atoms with Crippen LogP contribution in [-0.4, -0.2) is 31.7 Å². The number of methoxy groups -OCH3 is 1. The molecule has 4 aromatic heterocycles. The van der Waals surface area contributed by atoms with Crippen molar-refractivity contribution in [1.82, 2.24) is 24.6 Å². The fourth-order valence-electron chi connectivity index (χ4n) is 2.63. The maximum Gasteiger partial charge on any atom is 0.159 e. The van der Waals surface area contributed by atoms with Gasteiger partial charge in [0.1, 0.15) is 5.75 Å². The average Bonchev–Trinajstić information content (AvgIpc) is 3.06. The Labute approximate surface area is 138 Å². The fraction of sp³-hybridized carbons (Fsp3) is 0.111. The van der Waals surface area contributed by atoms with Gasteiger partial charge in [0.25, 0.3) is 0 Å². The molecule has 0 radical (unpaired) electrons. The lowest BCUT2D eigenvalue weighted by Gasteiger charge is -2.05. The number of fused-ring (bicyclic) bond motifs is 1. The SMILES string of the molecule is COc1ccc(Cc2cnn3c(-c4cccnc4)ccnc23)nc1. The number of ether oxygens (including phenoxy) is 1. The molecule has 6 heteroatoms. The number of hydrogen-bond acceptors (Lipinski definition) is 5. The minimum Gasteiger partial charge on any atom is -0.495 e. The van der Waals surface area contributed by atoms with Crippen LogP contribution in [0.2, 0.25) is 0 Å². The first-order valence-electron chi connectivity index (χ1n) is 7.56. The summed E-state index contributed by atoms with van der Waals surface area (Å²) in [5, 5.41) is 4.50. The van der Waals surface area contributed by atoms with Crippen LogP contribution >= 0.6 is 0 Å². The quantitative estimate of drug-likeness (QED) is 0.579. The molecule has 0 atom stereocenters. The van der Waals surface area contributed by atoms with E-state index < -0.39 is 0 Å². The Balaban J connectivity index is 1.72. The third-order valence-corrected chi connectivity index (χ3v) is 3.84. The van der Waals surface area contributed by atoms with E-state index in [1.807, 2.05) is 47.2 Å². The summed E-state index contributed by atoms with van der Waals surface area (Å²) in [6.07, 6.45) is 9.60. The summed E-state index contributed by atoms with van der Waals surface area (Å²) in [7, 11) is 1.63. The lowest BCUT2D eigenvalue weighted by atomic mass is 10.1. The molecular weight excluding hydrogens is 302 g/mol. The molecule has 6 nitrogen and oxygen atoms in total. The Hall–Kier alpha value is -3.28. The molecule has 0 unspecified atom stereocenters. The van der Waals surface area contributed by atoms with Crippen LogP contribution in [0.1, 0.15) is 11.3 Å². The van der Waals surface area contributed by atoms with Gasteiger partial charge in [-0.05, 0) is 30.3 Å². The van der Waals surface area contributed by atoms with Crippen LogP contribution in [0.4, 0.5) is 0 Å². The van der Waals surface area contributed by atoms with Crippen molar-refractivity contribution in [2.75, 3.05) is 7.11 Å². The second-order valence-electron chi connectivity index (χ2n) is 5.34. The van der Waals surface area contributed by atoms with Gasteiger partial charge in [0.2, 0.25) is 0 Å². The first-order chi connectivity index (χ1) is 11.8. The first-order valence-corrected chi connectivity index (χ1v) is 7.56. The summed E-state index contributed by atoms with van der Waals surface area (Å²) in [6, 6.07) is 9.71. The summed E-state index contributed by atoms with van der Waals surface area (Å²) in [4.78, 5) is 13.1. The third-order valence-electron chi connectivity index (χ3n) is 3.84. The van der Waals surface area contributed by atoms with Crippen molar-refractivity contribution in [2.24, 2.45) is 0 Å². The molecule has 0 aliphatic heterocycles. The van der Waals surface area contributed by atoms with Gasteiger partial charge in [0.15, 0.2) is 5.65 Å². The van der Waals surface area contributed by atoms with Gasteiger partial charge in [0.05, 0.1) is 25.2 Å². The van der Waals surface area contributed by atoms with Crippen molar-refractivity contribution < 1.29 is 4.74 Å². The van der Waals surface area contributed by atoms with Crippen LogP contribution in [0.3, 0.4) is 0 Å². The molecule has 0 amide bonds. The van der Waals surface area contributed by atoms with E-state index in [0.717, 1.165) is 33.9 Å². The summed E-state index contributed by atoms with van der Waals surface area (Å²) in [5.74, 6) is 0.746. The maximum atomic E-state index is 5.14. The molecule has 4 aromatic rings. The first kappa shape index (κ1) is 14.3. The minimum absolute atomic E-state index is 0.664. The zero-order chi connectivity index (χ0) is 16.4. The highest BCUT2D eigenvalue weighted by Gasteiger charge is 2.11. The van der Waals surface area contributed by atoms with E-state index in [9.17, 15) is 0 Å². The van der Waals surface area contributed by atoms with Crippen LogP contribution in [0.5, 0.6) is 5.75 Å². The predicted octanol–water partition coefficient (Wildman–Crippen LogP) is 2.79. The van der Waals surface area contributed by atoms with Gasteiger partial charge in [-0.2, -0.15) is 5.10 Å². The summed E-state index contributed by atoms with van der Waals surface area (Å²) < 4.78 is 6.99. The summed E-state index contributed by atoms with van der Waals surface area (Å²) in [5.41, 5.74) is 4.76. The Kier molecular flexibility index (Phi) is 3.63. The van der Waals surface area contributed by atoms with Crippen molar-refractivity contribution in [3.05, 3.63) is 72.6 Å². The zero-order valence-corrected chi connectivity index (χ0v) is 13.1. The topological polar surface area (TPSA) is 65.2 Å². The second kappa shape index (κ2) is 6.08. The molecule has 0 fully saturated rings. The van der Waals surface area contributed by atoms with Gasteiger partial charge >= 0.3 is 0 Å². The van der Waals surface area contributed by atoms with E-state index in [-0.39, 0.29) is 0 Å². The monoisotopic (exact) mass is 317 g/mol. The van der Waals surface area contributed by atoms with Crippen molar-refractivity contribution in [3.8, 4) is 17.0 Å². The number of hydrogen-bond donors (Lipinski definition) is 0. The van der Waals surface area contributed by atoms with Gasteiger partial charge in [-0.25, -0.2) is 9.50 Å². The highest BCUT2D eigenvalue weighted by atomic mass is 16.5. The summed E-state index contributed by atoms with van der Waals surface area (Å²) >= 11 is 0. The van der Waals surface area contributed by atoms with E-state index in [4.69, 9.17) is 4.74 Å². The van der Waals surface area contributed by atoms with E-state index in [0.29, 0.717) is 6.42 Å². The van der Waals surface area contributed by atoms with Gasteiger partial charge < -0.3 is 4.74 Å². The van der Waals surface area contributed by atoms with Gasteiger partial charge in [-0.15, -0.1) is 0 Å². The normalized spacial score (nSPS) is 10.9. The molecule has 0 bridgehead atoms. The van der Waals surface area contributed by atoms with E-state index in [2.05, 4.69) is 20.1 Å². The second-order valence-corrected chi connectivity index (χ2v) is 5.34. The molecule has 0 N–H and O–H groups in total. The fourth-order valence-corrected chi connectivity index (χ4v) is 2.63. The largest absolute Gasteiger partial charge is 0.495 e.